The van der Waals surface area contributed by atoms with Gasteiger partial charge in [0.1, 0.15) is 0 Å². The van der Waals surface area contributed by atoms with Crippen LogP contribution in [0.2, 0.25) is 0 Å². The maximum atomic E-state index is 13.0. The van der Waals surface area contributed by atoms with E-state index in [1.807, 2.05) is 30.2 Å². The molecule has 1 N–H and O–H groups in total. The second-order valence-corrected chi connectivity index (χ2v) is 6.94. The molecule has 1 saturated carbocycles. The van der Waals surface area contributed by atoms with Crippen molar-refractivity contribution in [3.05, 3.63) is 30.1 Å². The zero-order valence-electron chi connectivity index (χ0n) is 13.5. The summed E-state index contributed by atoms with van der Waals surface area (Å²) in [6, 6.07) is 5.70. The number of rotatable bonds is 2. The molecule has 2 fully saturated rings. The Morgan fingerprint density at radius 3 is 3.13 bits per heavy atom. The summed E-state index contributed by atoms with van der Waals surface area (Å²) in [5.41, 5.74) is 2.72. The third kappa shape index (κ3) is 2.43. The normalized spacial score (nSPS) is 27.9. The molecule has 122 valence electrons. The molecule has 1 aliphatic carbocycles. The first-order valence-electron chi connectivity index (χ1n) is 8.47. The minimum absolute atomic E-state index is 0.127. The van der Waals surface area contributed by atoms with Crippen LogP contribution in [0.5, 0.6) is 0 Å². The van der Waals surface area contributed by atoms with Crippen LogP contribution in [0.15, 0.2) is 24.5 Å². The Kier molecular flexibility index (Phi) is 3.60. The van der Waals surface area contributed by atoms with Crippen molar-refractivity contribution < 1.29 is 9.53 Å². The molecular weight excluding hydrogens is 290 g/mol. The highest BCUT2D eigenvalue weighted by Crippen LogP contribution is 2.46. The summed E-state index contributed by atoms with van der Waals surface area (Å²) in [5, 5.41) is 0. The lowest BCUT2D eigenvalue weighted by Gasteiger charge is -2.43. The molecule has 2 aromatic rings. The number of carbonyl (C=O) groups excluding carboxylic acids is 1. The molecule has 1 unspecified atom stereocenters. The van der Waals surface area contributed by atoms with Gasteiger partial charge >= 0.3 is 0 Å². The van der Waals surface area contributed by atoms with Gasteiger partial charge in [0, 0.05) is 31.2 Å². The van der Waals surface area contributed by atoms with Crippen molar-refractivity contribution >= 4 is 16.9 Å². The van der Waals surface area contributed by atoms with Gasteiger partial charge in [-0.05, 0) is 43.9 Å². The van der Waals surface area contributed by atoms with Crippen LogP contribution in [0.4, 0.5) is 0 Å². The molecule has 1 aliphatic heterocycles. The molecule has 1 amide bonds. The maximum Gasteiger partial charge on any atom is 0.253 e. The van der Waals surface area contributed by atoms with Crippen molar-refractivity contribution in [2.45, 2.75) is 38.2 Å². The lowest BCUT2D eigenvalue weighted by atomic mass is 9.76. The molecule has 2 atom stereocenters. The molecule has 1 saturated heterocycles. The van der Waals surface area contributed by atoms with E-state index in [0.29, 0.717) is 6.10 Å². The molecule has 0 radical (unpaired) electrons. The number of imidazole rings is 1. The van der Waals surface area contributed by atoms with Gasteiger partial charge in [-0.25, -0.2) is 4.98 Å². The number of amides is 1. The van der Waals surface area contributed by atoms with E-state index in [2.05, 4.69) is 9.97 Å². The monoisotopic (exact) mass is 313 g/mol. The Bertz CT molecular complexity index is 726. The third-order valence-electron chi connectivity index (χ3n) is 5.67. The largest absolute Gasteiger partial charge is 0.381 e. The molecule has 5 nitrogen and oxygen atoms in total. The van der Waals surface area contributed by atoms with E-state index < -0.39 is 0 Å². The van der Waals surface area contributed by atoms with E-state index in [-0.39, 0.29) is 11.3 Å². The van der Waals surface area contributed by atoms with Crippen molar-refractivity contribution in [2.75, 3.05) is 20.2 Å². The number of H-pyrrole nitrogens is 1. The molecule has 4 rings (SSSR count). The highest BCUT2D eigenvalue weighted by molar-refractivity contribution is 5.97. The van der Waals surface area contributed by atoms with Crippen LogP contribution in [-0.4, -0.2) is 47.1 Å². The smallest absolute Gasteiger partial charge is 0.253 e. The Morgan fingerprint density at radius 1 is 1.39 bits per heavy atom. The summed E-state index contributed by atoms with van der Waals surface area (Å²) in [7, 11) is 1.81. The minimum atomic E-state index is 0.127. The van der Waals surface area contributed by atoms with E-state index in [1.165, 1.54) is 19.3 Å². The lowest BCUT2D eigenvalue weighted by Crippen LogP contribution is -2.49. The van der Waals surface area contributed by atoms with E-state index in [0.717, 1.165) is 42.5 Å². The fraction of sp³-hybridized carbons (Fsp3) is 0.556. The van der Waals surface area contributed by atoms with E-state index >= 15 is 0 Å². The summed E-state index contributed by atoms with van der Waals surface area (Å²) in [6.45, 7) is 1.67. The summed E-state index contributed by atoms with van der Waals surface area (Å²) in [4.78, 5) is 22.3. The van der Waals surface area contributed by atoms with Crippen LogP contribution in [0.25, 0.3) is 11.0 Å². The molecule has 0 bridgehead atoms. The maximum absolute atomic E-state index is 13.0. The second kappa shape index (κ2) is 5.64. The predicted molar refractivity (Wildman–Crippen MR) is 88.3 cm³/mol. The zero-order valence-corrected chi connectivity index (χ0v) is 13.5. The minimum Gasteiger partial charge on any atom is -0.381 e. The van der Waals surface area contributed by atoms with Crippen molar-refractivity contribution in [1.82, 2.24) is 14.9 Å². The molecule has 1 aromatic heterocycles. The summed E-state index contributed by atoms with van der Waals surface area (Å²) >= 11 is 0. The van der Waals surface area contributed by atoms with E-state index in [1.54, 1.807) is 6.33 Å². The van der Waals surface area contributed by atoms with Gasteiger partial charge in [-0.2, -0.15) is 0 Å². The number of nitrogens with one attached hydrogen (secondary N) is 1. The number of piperidine rings is 1. The quantitative estimate of drug-likeness (QED) is 0.927. The number of aromatic amines is 1. The number of fused-ring (bicyclic) bond motifs is 1. The van der Waals surface area contributed by atoms with Crippen molar-refractivity contribution in [1.29, 1.82) is 0 Å². The predicted octanol–water partition coefficient (Wildman–Crippen LogP) is 2.98. The number of methoxy groups -OCH3 is 1. The molecule has 5 heteroatoms. The van der Waals surface area contributed by atoms with Gasteiger partial charge in [-0.3, -0.25) is 4.79 Å². The first-order chi connectivity index (χ1) is 11.2. The number of carbonyl (C=O) groups is 1. The first kappa shape index (κ1) is 14.7. The van der Waals surface area contributed by atoms with Gasteiger partial charge < -0.3 is 14.6 Å². The second-order valence-electron chi connectivity index (χ2n) is 6.94. The Morgan fingerprint density at radius 2 is 2.26 bits per heavy atom. The van der Waals surface area contributed by atoms with Crippen LogP contribution in [0.1, 0.15) is 42.5 Å². The van der Waals surface area contributed by atoms with Crippen molar-refractivity contribution in [3.63, 3.8) is 0 Å². The van der Waals surface area contributed by atoms with Crippen LogP contribution in [0.3, 0.4) is 0 Å². The van der Waals surface area contributed by atoms with Gasteiger partial charge in [-0.1, -0.05) is 6.42 Å². The van der Waals surface area contributed by atoms with E-state index in [4.69, 9.17) is 4.74 Å². The number of nitrogens with zero attached hydrogens (tertiary/aromatic N) is 2. The lowest BCUT2D eigenvalue weighted by molar-refractivity contribution is -0.0295. The average molecular weight is 313 g/mol. The molecule has 1 aromatic carbocycles. The highest BCUT2D eigenvalue weighted by atomic mass is 16.5. The SMILES string of the molecule is COC1CCC[C@]12CCCN(C(=O)c1ccc3nc[nH]c3c1)C2. The fourth-order valence-corrected chi connectivity index (χ4v) is 4.53. The van der Waals surface area contributed by atoms with Crippen LogP contribution >= 0.6 is 0 Å². The number of aromatic nitrogens is 2. The molecule has 23 heavy (non-hydrogen) atoms. The number of hydrogen-bond acceptors (Lipinski definition) is 3. The van der Waals surface area contributed by atoms with Crippen LogP contribution in [-0.2, 0) is 4.74 Å². The van der Waals surface area contributed by atoms with Gasteiger partial charge in [0.25, 0.3) is 5.91 Å². The molecule has 2 heterocycles. The molecule has 2 aliphatic rings. The Hall–Kier alpha value is -1.88. The highest BCUT2D eigenvalue weighted by Gasteiger charge is 2.46. The Labute approximate surface area is 136 Å². The Balaban J connectivity index is 1.58. The van der Waals surface area contributed by atoms with Crippen LogP contribution < -0.4 is 0 Å². The fourth-order valence-electron chi connectivity index (χ4n) is 4.53. The number of likely N-dealkylation sites (tertiary alicyclic amines) is 1. The van der Waals surface area contributed by atoms with Crippen molar-refractivity contribution in [2.24, 2.45) is 5.41 Å². The molecule has 1 spiro atoms. The topological polar surface area (TPSA) is 58.2 Å². The first-order valence-corrected chi connectivity index (χ1v) is 8.47. The summed E-state index contributed by atoms with van der Waals surface area (Å²) < 4.78 is 5.73. The number of ether oxygens (including phenoxy) is 1. The molecular formula is C18H23N3O2. The van der Waals surface area contributed by atoms with Gasteiger partial charge in [0.05, 0.1) is 23.5 Å². The van der Waals surface area contributed by atoms with Gasteiger partial charge in [0.2, 0.25) is 0 Å². The van der Waals surface area contributed by atoms with Crippen molar-refractivity contribution in [3.8, 4) is 0 Å². The number of benzene rings is 1. The summed E-state index contributed by atoms with van der Waals surface area (Å²) in [5.74, 6) is 0.127. The zero-order chi connectivity index (χ0) is 15.9. The van der Waals surface area contributed by atoms with Gasteiger partial charge in [0.15, 0.2) is 0 Å². The van der Waals surface area contributed by atoms with E-state index in [9.17, 15) is 4.79 Å². The number of hydrogen-bond donors (Lipinski definition) is 1. The standard InChI is InChI=1S/C18H23N3O2/c1-23-16-4-2-7-18(16)8-3-9-21(11-18)17(22)13-5-6-14-15(10-13)20-12-19-14/h5-6,10,12,16H,2-4,7-9,11H2,1H3,(H,19,20)/t16?,18-/m1/s1. The third-order valence-corrected chi connectivity index (χ3v) is 5.67. The average Bonchev–Trinajstić information content (AvgIpc) is 3.20. The van der Waals surface area contributed by atoms with Crippen LogP contribution in [0, 0.1) is 5.41 Å². The van der Waals surface area contributed by atoms with Gasteiger partial charge in [-0.15, -0.1) is 0 Å². The summed E-state index contributed by atoms with van der Waals surface area (Å²) in [6.07, 6.45) is 7.71.